The van der Waals surface area contributed by atoms with E-state index in [1.807, 2.05) is 18.0 Å². The highest BCUT2D eigenvalue weighted by molar-refractivity contribution is 5.85. The van der Waals surface area contributed by atoms with Gasteiger partial charge in [-0.1, -0.05) is 6.07 Å². The average Bonchev–Trinajstić information content (AvgIpc) is 2.53. The van der Waals surface area contributed by atoms with Gasteiger partial charge < -0.3 is 15.0 Å². The molecule has 0 bridgehead atoms. The van der Waals surface area contributed by atoms with Crippen LogP contribution in [0.4, 0.5) is 4.39 Å². The lowest BCUT2D eigenvalue weighted by Crippen LogP contribution is -2.42. The van der Waals surface area contributed by atoms with Gasteiger partial charge in [-0.25, -0.2) is 4.39 Å². The average molecular weight is 345 g/mol. The van der Waals surface area contributed by atoms with Gasteiger partial charge in [0.15, 0.2) is 11.6 Å². The van der Waals surface area contributed by atoms with Crippen LogP contribution in [-0.2, 0) is 11.2 Å². The molecule has 1 fully saturated rings. The van der Waals surface area contributed by atoms with E-state index in [9.17, 15) is 9.18 Å². The first-order chi connectivity index (χ1) is 10.6. The molecule has 0 aromatic heterocycles. The molecule has 1 aromatic rings. The molecule has 0 radical (unpaired) electrons. The number of carbonyl (C=O) groups is 1. The van der Waals surface area contributed by atoms with E-state index < -0.39 is 0 Å². The number of carbonyl (C=O) groups excluding carboxylic acids is 1. The number of aryl methyl sites for hydroxylation is 1. The molecule has 130 valence electrons. The van der Waals surface area contributed by atoms with E-state index in [-0.39, 0.29) is 29.9 Å². The monoisotopic (exact) mass is 344 g/mol. The van der Waals surface area contributed by atoms with Crippen LogP contribution in [0.15, 0.2) is 18.2 Å². The minimum absolute atomic E-state index is 0. The van der Waals surface area contributed by atoms with E-state index in [1.54, 1.807) is 6.07 Å². The van der Waals surface area contributed by atoms with Crippen molar-refractivity contribution in [2.75, 3.05) is 33.8 Å². The summed E-state index contributed by atoms with van der Waals surface area (Å²) in [6.07, 6.45) is 3.23. The number of nitrogens with zero attached hydrogens (tertiary/aromatic N) is 1. The summed E-state index contributed by atoms with van der Waals surface area (Å²) in [6.45, 7) is 2.63. The second kappa shape index (κ2) is 9.73. The number of halogens is 2. The smallest absolute Gasteiger partial charge is 0.222 e. The molecule has 1 aromatic carbocycles. The van der Waals surface area contributed by atoms with Crippen molar-refractivity contribution in [1.29, 1.82) is 0 Å². The van der Waals surface area contributed by atoms with Gasteiger partial charge in [-0.05, 0) is 56.5 Å². The Kier molecular flexibility index (Phi) is 8.34. The van der Waals surface area contributed by atoms with Crippen molar-refractivity contribution < 1.29 is 13.9 Å². The van der Waals surface area contributed by atoms with Gasteiger partial charge in [0.05, 0.1) is 7.11 Å². The van der Waals surface area contributed by atoms with Crippen molar-refractivity contribution in [3.05, 3.63) is 29.6 Å². The number of piperidine rings is 1. The Morgan fingerprint density at radius 2 is 2.26 bits per heavy atom. The Bertz CT molecular complexity index is 511. The van der Waals surface area contributed by atoms with Gasteiger partial charge in [-0.15, -0.1) is 12.4 Å². The maximum atomic E-state index is 13.6. The number of nitrogens with one attached hydrogen (secondary N) is 1. The highest BCUT2D eigenvalue weighted by Gasteiger charge is 2.22. The first-order valence-corrected chi connectivity index (χ1v) is 7.88. The summed E-state index contributed by atoms with van der Waals surface area (Å²) in [6, 6.07) is 4.88. The molecule has 1 atom stereocenters. The molecule has 4 nitrogen and oxygen atoms in total. The van der Waals surface area contributed by atoms with Gasteiger partial charge in [0.1, 0.15) is 0 Å². The zero-order valence-electron chi connectivity index (χ0n) is 13.8. The molecule has 1 heterocycles. The number of ether oxygens (including phenoxy) is 1. The van der Waals surface area contributed by atoms with Gasteiger partial charge in [0.2, 0.25) is 5.91 Å². The van der Waals surface area contributed by atoms with Crippen LogP contribution in [0.2, 0.25) is 0 Å². The van der Waals surface area contributed by atoms with E-state index in [2.05, 4.69) is 5.32 Å². The van der Waals surface area contributed by atoms with Crippen LogP contribution in [0.25, 0.3) is 0 Å². The van der Waals surface area contributed by atoms with Crippen LogP contribution >= 0.6 is 12.4 Å². The van der Waals surface area contributed by atoms with Gasteiger partial charge in [-0.2, -0.15) is 0 Å². The number of benzene rings is 1. The number of rotatable bonds is 6. The molecular formula is C17H26ClFN2O2. The van der Waals surface area contributed by atoms with Crippen molar-refractivity contribution in [3.63, 3.8) is 0 Å². The summed E-state index contributed by atoms with van der Waals surface area (Å²) in [7, 11) is 3.39. The van der Waals surface area contributed by atoms with Crippen LogP contribution in [0.3, 0.4) is 0 Å². The molecule has 0 spiro atoms. The first-order valence-electron chi connectivity index (χ1n) is 7.88. The molecule has 1 unspecified atom stereocenters. The predicted octanol–water partition coefficient (Wildman–Crippen LogP) is 2.65. The SMILES string of the molecule is CNCC1CCCN(C(=O)CCc2ccc(OC)c(F)c2)C1.Cl. The summed E-state index contributed by atoms with van der Waals surface area (Å²) in [5.74, 6) is 0.568. The van der Waals surface area contributed by atoms with Crippen molar-refractivity contribution in [2.45, 2.75) is 25.7 Å². The molecule has 1 aliphatic heterocycles. The summed E-state index contributed by atoms with van der Waals surface area (Å²) < 4.78 is 18.5. The van der Waals surface area contributed by atoms with Gasteiger partial charge in [0, 0.05) is 19.5 Å². The third kappa shape index (κ3) is 5.66. The largest absolute Gasteiger partial charge is 0.494 e. The maximum Gasteiger partial charge on any atom is 0.222 e. The Morgan fingerprint density at radius 3 is 2.91 bits per heavy atom. The van der Waals surface area contributed by atoms with Gasteiger partial charge >= 0.3 is 0 Å². The van der Waals surface area contributed by atoms with Crippen LogP contribution in [0.1, 0.15) is 24.8 Å². The molecule has 0 aliphatic carbocycles. The van der Waals surface area contributed by atoms with Gasteiger partial charge in [-0.3, -0.25) is 4.79 Å². The molecule has 1 N–H and O–H groups in total. The zero-order valence-corrected chi connectivity index (χ0v) is 14.6. The fourth-order valence-corrected chi connectivity index (χ4v) is 3.02. The van der Waals surface area contributed by atoms with E-state index in [4.69, 9.17) is 4.74 Å². The Morgan fingerprint density at radius 1 is 1.48 bits per heavy atom. The molecular weight excluding hydrogens is 319 g/mol. The Hall–Kier alpha value is -1.33. The standard InChI is InChI=1S/C17H25FN2O2.ClH/c1-19-11-14-4-3-9-20(12-14)17(21)8-6-13-5-7-16(22-2)15(18)10-13;/h5,7,10,14,19H,3-4,6,8-9,11-12H2,1-2H3;1H. The topological polar surface area (TPSA) is 41.6 Å². The Labute approximate surface area is 143 Å². The van der Waals surface area contributed by atoms with Gasteiger partial charge in [0.25, 0.3) is 0 Å². The Balaban J connectivity index is 0.00000264. The minimum atomic E-state index is -0.375. The third-order valence-electron chi connectivity index (χ3n) is 4.21. The van der Waals surface area contributed by atoms with Crippen molar-refractivity contribution in [2.24, 2.45) is 5.92 Å². The minimum Gasteiger partial charge on any atom is -0.494 e. The first kappa shape index (κ1) is 19.7. The molecule has 0 saturated carbocycles. The highest BCUT2D eigenvalue weighted by atomic mass is 35.5. The summed E-state index contributed by atoms with van der Waals surface area (Å²) in [5.41, 5.74) is 0.829. The van der Waals surface area contributed by atoms with Crippen LogP contribution in [0.5, 0.6) is 5.75 Å². The van der Waals surface area contributed by atoms with E-state index in [0.29, 0.717) is 18.8 Å². The maximum absolute atomic E-state index is 13.6. The molecule has 23 heavy (non-hydrogen) atoms. The molecule has 1 saturated heterocycles. The number of methoxy groups -OCH3 is 1. The number of hydrogen-bond donors (Lipinski definition) is 1. The lowest BCUT2D eigenvalue weighted by molar-refractivity contribution is -0.132. The lowest BCUT2D eigenvalue weighted by Gasteiger charge is -2.32. The quantitative estimate of drug-likeness (QED) is 0.862. The number of hydrogen-bond acceptors (Lipinski definition) is 3. The van der Waals surface area contributed by atoms with Crippen molar-refractivity contribution in [3.8, 4) is 5.75 Å². The second-order valence-corrected chi connectivity index (χ2v) is 5.87. The van der Waals surface area contributed by atoms with E-state index in [0.717, 1.165) is 31.6 Å². The fraction of sp³-hybridized carbons (Fsp3) is 0.588. The molecule has 1 aliphatic rings. The van der Waals surface area contributed by atoms with Crippen LogP contribution in [-0.4, -0.2) is 44.6 Å². The van der Waals surface area contributed by atoms with E-state index in [1.165, 1.54) is 19.6 Å². The van der Waals surface area contributed by atoms with Crippen molar-refractivity contribution in [1.82, 2.24) is 10.2 Å². The van der Waals surface area contributed by atoms with Crippen LogP contribution in [0, 0.1) is 11.7 Å². The lowest BCUT2D eigenvalue weighted by atomic mass is 9.97. The predicted molar refractivity (Wildman–Crippen MR) is 91.8 cm³/mol. The number of likely N-dealkylation sites (tertiary alicyclic amines) is 1. The summed E-state index contributed by atoms with van der Waals surface area (Å²) in [5, 5.41) is 3.18. The summed E-state index contributed by atoms with van der Waals surface area (Å²) >= 11 is 0. The highest BCUT2D eigenvalue weighted by Crippen LogP contribution is 2.20. The second-order valence-electron chi connectivity index (χ2n) is 5.87. The molecule has 6 heteroatoms. The molecule has 2 rings (SSSR count). The number of amides is 1. The van der Waals surface area contributed by atoms with Crippen molar-refractivity contribution >= 4 is 18.3 Å². The fourth-order valence-electron chi connectivity index (χ4n) is 3.02. The third-order valence-corrected chi connectivity index (χ3v) is 4.21. The normalized spacial score (nSPS) is 17.5. The molecule has 1 amide bonds. The van der Waals surface area contributed by atoms with Crippen LogP contribution < -0.4 is 10.1 Å². The zero-order chi connectivity index (χ0) is 15.9. The van der Waals surface area contributed by atoms with E-state index >= 15 is 0 Å². The summed E-state index contributed by atoms with van der Waals surface area (Å²) in [4.78, 5) is 14.3.